The predicted molar refractivity (Wildman–Crippen MR) is 91.5 cm³/mol. The Morgan fingerprint density at radius 2 is 2.04 bits per heavy atom. The highest BCUT2D eigenvalue weighted by Crippen LogP contribution is 2.31. The molecule has 0 spiro atoms. The van der Waals surface area contributed by atoms with E-state index in [2.05, 4.69) is 15.9 Å². The molecular weight excluding hydrogens is 377 g/mol. The molecule has 2 aromatic rings. The number of nitrogens with zero attached hydrogens (tertiary/aromatic N) is 1. The van der Waals surface area contributed by atoms with Crippen LogP contribution in [-0.2, 0) is 16.0 Å². The number of esters is 1. The van der Waals surface area contributed by atoms with E-state index in [4.69, 9.17) is 4.74 Å². The van der Waals surface area contributed by atoms with Crippen molar-refractivity contribution in [2.45, 2.75) is 19.4 Å². The second kappa shape index (κ2) is 6.73. The molecule has 1 atom stereocenters. The van der Waals surface area contributed by atoms with Gasteiger partial charge in [0.05, 0.1) is 5.56 Å². The van der Waals surface area contributed by atoms with Gasteiger partial charge in [-0.3, -0.25) is 4.79 Å². The van der Waals surface area contributed by atoms with Crippen LogP contribution in [0.25, 0.3) is 0 Å². The van der Waals surface area contributed by atoms with Gasteiger partial charge in [-0.25, -0.2) is 9.18 Å². The summed E-state index contributed by atoms with van der Waals surface area (Å²) >= 11 is 3.17. The van der Waals surface area contributed by atoms with Gasteiger partial charge in [-0.15, -0.1) is 0 Å². The molecule has 0 saturated heterocycles. The van der Waals surface area contributed by atoms with E-state index in [0.29, 0.717) is 4.47 Å². The third kappa shape index (κ3) is 3.19. The number of benzene rings is 2. The van der Waals surface area contributed by atoms with Crippen molar-refractivity contribution in [3.05, 3.63) is 63.9 Å². The molecular formula is C18H15BrFNO3. The topological polar surface area (TPSA) is 46.6 Å². The molecule has 0 saturated carbocycles. The minimum atomic E-state index is -0.859. The van der Waals surface area contributed by atoms with Gasteiger partial charge < -0.3 is 9.64 Å². The second-order valence-corrected chi connectivity index (χ2v) is 6.56. The van der Waals surface area contributed by atoms with Crippen molar-refractivity contribution in [3.8, 4) is 0 Å². The summed E-state index contributed by atoms with van der Waals surface area (Å²) in [6, 6.07) is 11.6. The SMILES string of the molecule is C[C@H]1Cc2ccccc2N1C(=O)COC(=O)c1cc(Br)ccc1F. The Kier molecular flexibility index (Phi) is 4.66. The molecule has 1 amide bonds. The van der Waals surface area contributed by atoms with E-state index >= 15 is 0 Å². The minimum absolute atomic E-state index is 0.00351. The molecule has 0 bridgehead atoms. The van der Waals surface area contributed by atoms with Crippen LogP contribution in [0.4, 0.5) is 10.1 Å². The number of halogens is 2. The molecule has 2 aromatic carbocycles. The van der Waals surface area contributed by atoms with Gasteiger partial charge in [0.15, 0.2) is 6.61 Å². The van der Waals surface area contributed by atoms with Crippen molar-refractivity contribution >= 4 is 33.5 Å². The summed E-state index contributed by atoms with van der Waals surface area (Å²) in [5.74, 6) is -1.87. The zero-order valence-corrected chi connectivity index (χ0v) is 14.5. The van der Waals surface area contributed by atoms with E-state index < -0.39 is 18.4 Å². The first-order valence-electron chi connectivity index (χ1n) is 7.49. The number of anilines is 1. The van der Waals surface area contributed by atoms with E-state index in [0.717, 1.165) is 17.7 Å². The van der Waals surface area contributed by atoms with Gasteiger partial charge in [0.1, 0.15) is 5.82 Å². The van der Waals surface area contributed by atoms with Crippen LogP contribution < -0.4 is 4.90 Å². The van der Waals surface area contributed by atoms with Crippen LogP contribution >= 0.6 is 15.9 Å². The molecule has 1 heterocycles. The molecule has 1 aliphatic rings. The Morgan fingerprint density at radius 3 is 2.83 bits per heavy atom. The van der Waals surface area contributed by atoms with Gasteiger partial charge >= 0.3 is 5.97 Å². The first-order valence-corrected chi connectivity index (χ1v) is 8.29. The van der Waals surface area contributed by atoms with Gasteiger partial charge in [-0.2, -0.15) is 0 Å². The normalized spacial score (nSPS) is 16.0. The van der Waals surface area contributed by atoms with Crippen molar-refractivity contribution in [3.63, 3.8) is 0 Å². The van der Waals surface area contributed by atoms with Crippen molar-refractivity contribution < 1.29 is 18.7 Å². The molecule has 4 nitrogen and oxygen atoms in total. The number of para-hydroxylation sites is 1. The van der Waals surface area contributed by atoms with Crippen molar-refractivity contribution in [2.75, 3.05) is 11.5 Å². The van der Waals surface area contributed by atoms with E-state index in [9.17, 15) is 14.0 Å². The van der Waals surface area contributed by atoms with Crippen molar-refractivity contribution in [2.24, 2.45) is 0 Å². The van der Waals surface area contributed by atoms with Gasteiger partial charge in [0, 0.05) is 16.2 Å². The second-order valence-electron chi connectivity index (χ2n) is 5.65. The number of hydrogen-bond acceptors (Lipinski definition) is 3. The zero-order chi connectivity index (χ0) is 17.3. The number of amides is 1. The molecule has 6 heteroatoms. The van der Waals surface area contributed by atoms with Crippen LogP contribution in [0.2, 0.25) is 0 Å². The monoisotopic (exact) mass is 391 g/mol. The summed E-state index contributed by atoms with van der Waals surface area (Å²) in [6.45, 7) is 1.51. The van der Waals surface area contributed by atoms with Gasteiger partial charge in [0.2, 0.25) is 0 Å². The maximum atomic E-state index is 13.7. The first-order chi connectivity index (χ1) is 11.5. The van der Waals surface area contributed by atoms with Gasteiger partial charge in [0.25, 0.3) is 5.91 Å². The fourth-order valence-corrected chi connectivity index (χ4v) is 3.24. The highest BCUT2D eigenvalue weighted by Gasteiger charge is 2.31. The molecule has 0 N–H and O–H groups in total. The molecule has 0 unspecified atom stereocenters. The van der Waals surface area contributed by atoms with Crippen LogP contribution in [0.1, 0.15) is 22.8 Å². The summed E-state index contributed by atoms with van der Waals surface area (Å²) in [6.07, 6.45) is 0.760. The highest BCUT2D eigenvalue weighted by molar-refractivity contribution is 9.10. The van der Waals surface area contributed by atoms with E-state index in [1.54, 1.807) is 4.90 Å². The molecule has 0 aromatic heterocycles. The molecule has 1 aliphatic heterocycles. The van der Waals surface area contributed by atoms with E-state index in [-0.39, 0.29) is 17.5 Å². The van der Waals surface area contributed by atoms with Crippen LogP contribution in [0.3, 0.4) is 0 Å². The zero-order valence-electron chi connectivity index (χ0n) is 13.0. The third-order valence-electron chi connectivity index (χ3n) is 3.95. The van der Waals surface area contributed by atoms with Gasteiger partial charge in [-0.05, 0) is 43.2 Å². The standard InChI is InChI=1S/C18H15BrFNO3/c1-11-8-12-4-2-3-5-16(12)21(11)17(22)10-24-18(23)14-9-13(19)6-7-15(14)20/h2-7,9,11H,8,10H2,1H3/t11-/m0/s1. The lowest BCUT2D eigenvalue weighted by Crippen LogP contribution is -2.38. The lowest BCUT2D eigenvalue weighted by Gasteiger charge is -2.22. The molecule has 124 valence electrons. The molecule has 0 aliphatic carbocycles. The molecule has 0 radical (unpaired) electrons. The van der Waals surface area contributed by atoms with Crippen LogP contribution in [0.15, 0.2) is 46.9 Å². The summed E-state index contributed by atoms with van der Waals surface area (Å²) in [5.41, 5.74) is 1.72. The van der Waals surface area contributed by atoms with Crippen molar-refractivity contribution in [1.29, 1.82) is 0 Å². The average molecular weight is 392 g/mol. The largest absolute Gasteiger partial charge is 0.452 e. The smallest absolute Gasteiger partial charge is 0.341 e. The fourth-order valence-electron chi connectivity index (χ4n) is 2.87. The number of rotatable bonds is 3. The van der Waals surface area contributed by atoms with Gasteiger partial charge in [-0.1, -0.05) is 34.1 Å². The summed E-state index contributed by atoms with van der Waals surface area (Å²) in [7, 11) is 0. The predicted octanol–water partition coefficient (Wildman–Crippen LogP) is 3.72. The average Bonchev–Trinajstić information content (AvgIpc) is 2.90. The first kappa shape index (κ1) is 16.6. The Morgan fingerprint density at radius 1 is 1.29 bits per heavy atom. The van der Waals surface area contributed by atoms with Crippen molar-refractivity contribution in [1.82, 2.24) is 0 Å². The third-order valence-corrected chi connectivity index (χ3v) is 4.44. The van der Waals surface area contributed by atoms with E-state index in [1.165, 1.54) is 18.2 Å². The fraction of sp³-hybridized carbons (Fsp3) is 0.222. The quantitative estimate of drug-likeness (QED) is 0.749. The maximum Gasteiger partial charge on any atom is 0.341 e. The van der Waals surface area contributed by atoms with Crippen LogP contribution in [0, 0.1) is 5.82 Å². The Labute approximate surface area is 147 Å². The summed E-state index contributed by atoms with van der Waals surface area (Å²) in [4.78, 5) is 26.1. The number of carbonyl (C=O) groups excluding carboxylic acids is 2. The Balaban J connectivity index is 1.70. The molecule has 3 rings (SSSR count). The lowest BCUT2D eigenvalue weighted by atomic mass is 10.1. The van der Waals surface area contributed by atoms with Crippen LogP contribution in [-0.4, -0.2) is 24.5 Å². The summed E-state index contributed by atoms with van der Waals surface area (Å²) < 4.78 is 19.3. The Hall–Kier alpha value is -2.21. The lowest BCUT2D eigenvalue weighted by molar-refractivity contribution is -0.122. The number of fused-ring (bicyclic) bond motifs is 1. The number of hydrogen-bond donors (Lipinski definition) is 0. The molecule has 24 heavy (non-hydrogen) atoms. The van der Waals surface area contributed by atoms with Crippen LogP contribution in [0.5, 0.6) is 0 Å². The number of ether oxygens (including phenoxy) is 1. The maximum absolute atomic E-state index is 13.7. The van der Waals surface area contributed by atoms with E-state index in [1.807, 2.05) is 31.2 Å². The number of carbonyl (C=O) groups is 2. The summed E-state index contributed by atoms with van der Waals surface area (Å²) in [5, 5.41) is 0. The molecule has 0 fully saturated rings. The highest BCUT2D eigenvalue weighted by atomic mass is 79.9. The Bertz CT molecular complexity index is 809. The minimum Gasteiger partial charge on any atom is -0.452 e.